The molecule has 0 radical (unpaired) electrons. The van der Waals surface area contributed by atoms with Crippen molar-refractivity contribution < 1.29 is 14.2 Å². The lowest BCUT2D eigenvalue weighted by molar-refractivity contribution is -0.353. The molecule has 0 aromatic carbocycles. The zero-order valence-electron chi connectivity index (χ0n) is 9.36. The molecule has 0 aromatic rings. The van der Waals surface area contributed by atoms with Gasteiger partial charge in [-0.3, -0.25) is 0 Å². The lowest BCUT2D eigenvalue weighted by atomic mass is 10.2. The minimum atomic E-state index is -0.476. The summed E-state index contributed by atoms with van der Waals surface area (Å²) >= 11 is 1.79. The van der Waals surface area contributed by atoms with Gasteiger partial charge in [0.1, 0.15) is 0 Å². The van der Waals surface area contributed by atoms with Crippen LogP contribution in [0.5, 0.6) is 0 Å². The Morgan fingerprint density at radius 2 is 2.14 bits per heavy atom. The van der Waals surface area contributed by atoms with Crippen LogP contribution in [0, 0.1) is 0 Å². The molecule has 0 N–H and O–H groups in total. The molecule has 3 unspecified atom stereocenters. The molecule has 0 aliphatic carbocycles. The molecule has 1 heterocycles. The Labute approximate surface area is 90.5 Å². The highest BCUT2D eigenvalue weighted by atomic mass is 32.2. The summed E-state index contributed by atoms with van der Waals surface area (Å²) in [5.74, 6) is 1.01. The first-order valence-electron chi connectivity index (χ1n) is 5.07. The summed E-state index contributed by atoms with van der Waals surface area (Å²) in [5.41, 5.74) is 0. The number of ether oxygens (including phenoxy) is 3. The molecule has 3 nitrogen and oxygen atoms in total. The van der Waals surface area contributed by atoms with E-state index >= 15 is 0 Å². The minimum absolute atomic E-state index is 0.139. The van der Waals surface area contributed by atoms with E-state index in [-0.39, 0.29) is 18.3 Å². The Kier molecular flexibility index (Phi) is 5.23. The van der Waals surface area contributed by atoms with Crippen LogP contribution < -0.4 is 0 Å². The number of thioether (sulfide) groups is 1. The molecule has 1 aliphatic heterocycles. The molecule has 0 bridgehead atoms. The van der Waals surface area contributed by atoms with Gasteiger partial charge in [-0.2, -0.15) is 11.8 Å². The largest absolute Gasteiger partial charge is 0.327 e. The summed E-state index contributed by atoms with van der Waals surface area (Å²) in [6, 6.07) is 0. The van der Waals surface area contributed by atoms with Crippen molar-refractivity contribution in [1.82, 2.24) is 0 Å². The third kappa shape index (κ3) is 4.17. The van der Waals surface area contributed by atoms with Gasteiger partial charge in [0.25, 0.3) is 6.48 Å². The van der Waals surface area contributed by atoms with Crippen molar-refractivity contribution in [1.29, 1.82) is 0 Å². The quantitative estimate of drug-likeness (QED) is 0.726. The lowest BCUT2D eigenvalue weighted by Gasteiger charge is -2.34. The Bertz CT molecular complexity index is 161. The summed E-state index contributed by atoms with van der Waals surface area (Å²) in [6.07, 6.45) is 3.67. The van der Waals surface area contributed by atoms with Crippen LogP contribution in [0.25, 0.3) is 0 Å². The van der Waals surface area contributed by atoms with Crippen LogP contribution in [0.1, 0.15) is 27.2 Å². The predicted octanol–water partition coefficient (Wildman–Crippen LogP) is 2.25. The first-order valence-corrected chi connectivity index (χ1v) is 6.46. The fourth-order valence-electron chi connectivity index (χ4n) is 1.44. The normalized spacial score (nSPS) is 33.6. The van der Waals surface area contributed by atoms with Gasteiger partial charge in [-0.05, 0) is 27.0 Å². The predicted molar refractivity (Wildman–Crippen MR) is 58.4 cm³/mol. The molecule has 0 saturated carbocycles. The highest BCUT2D eigenvalue weighted by Crippen LogP contribution is 2.21. The second kappa shape index (κ2) is 5.95. The number of hydrogen-bond acceptors (Lipinski definition) is 4. The summed E-state index contributed by atoms with van der Waals surface area (Å²) in [4.78, 5) is 0. The van der Waals surface area contributed by atoms with E-state index in [0.29, 0.717) is 0 Å². The van der Waals surface area contributed by atoms with Gasteiger partial charge in [0.15, 0.2) is 0 Å². The van der Waals surface area contributed by atoms with E-state index in [1.165, 1.54) is 0 Å². The van der Waals surface area contributed by atoms with Crippen LogP contribution in [0.4, 0.5) is 0 Å². The van der Waals surface area contributed by atoms with E-state index in [9.17, 15) is 0 Å². The van der Waals surface area contributed by atoms with Crippen molar-refractivity contribution in [2.24, 2.45) is 0 Å². The number of hydrogen-bond donors (Lipinski definition) is 0. The highest BCUT2D eigenvalue weighted by molar-refractivity contribution is 7.98. The second-order valence-electron chi connectivity index (χ2n) is 3.87. The molecule has 3 atom stereocenters. The van der Waals surface area contributed by atoms with Crippen LogP contribution in [-0.2, 0) is 14.2 Å². The van der Waals surface area contributed by atoms with Crippen molar-refractivity contribution >= 4 is 11.8 Å². The Balaban J connectivity index is 2.37. The van der Waals surface area contributed by atoms with E-state index < -0.39 is 6.48 Å². The molecule has 1 fully saturated rings. The molecule has 0 amide bonds. The molecule has 0 aromatic heterocycles. The van der Waals surface area contributed by atoms with Gasteiger partial charge in [-0.25, -0.2) is 0 Å². The van der Waals surface area contributed by atoms with Crippen molar-refractivity contribution in [3.8, 4) is 0 Å². The third-order valence-corrected chi connectivity index (χ3v) is 2.68. The molecule has 1 rings (SSSR count). The minimum Gasteiger partial charge on any atom is -0.327 e. The molecule has 14 heavy (non-hydrogen) atoms. The fourth-order valence-corrected chi connectivity index (χ4v) is 2.03. The number of rotatable bonds is 4. The summed E-state index contributed by atoms with van der Waals surface area (Å²) in [7, 11) is 0. The van der Waals surface area contributed by atoms with Gasteiger partial charge in [-0.15, -0.1) is 0 Å². The van der Waals surface area contributed by atoms with E-state index in [2.05, 4.69) is 13.2 Å². The molecular formula is C10H20O3S. The average molecular weight is 220 g/mol. The third-order valence-electron chi connectivity index (χ3n) is 1.98. The maximum absolute atomic E-state index is 5.64. The first-order chi connectivity index (χ1) is 6.61. The second-order valence-corrected chi connectivity index (χ2v) is 4.78. The van der Waals surface area contributed by atoms with Crippen LogP contribution in [0.3, 0.4) is 0 Å². The van der Waals surface area contributed by atoms with Gasteiger partial charge in [0, 0.05) is 12.2 Å². The molecule has 4 heteroatoms. The smallest absolute Gasteiger partial charge is 0.272 e. The standard InChI is InChI=1S/C10H20O3S/c1-7(2)11-10-12-8(3)5-9(13-10)6-14-4/h7-10H,5-6H2,1-4H3. The van der Waals surface area contributed by atoms with Crippen LogP contribution in [0.2, 0.25) is 0 Å². The van der Waals surface area contributed by atoms with Gasteiger partial charge in [0.2, 0.25) is 0 Å². The monoisotopic (exact) mass is 220 g/mol. The van der Waals surface area contributed by atoms with Gasteiger partial charge < -0.3 is 14.2 Å². The molecule has 0 spiro atoms. The zero-order chi connectivity index (χ0) is 10.6. The Morgan fingerprint density at radius 1 is 1.43 bits per heavy atom. The van der Waals surface area contributed by atoms with Crippen molar-refractivity contribution in [3.63, 3.8) is 0 Å². The molecule has 1 saturated heterocycles. The van der Waals surface area contributed by atoms with E-state index in [4.69, 9.17) is 14.2 Å². The van der Waals surface area contributed by atoms with E-state index in [1.807, 2.05) is 13.8 Å². The van der Waals surface area contributed by atoms with Crippen molar-refractivity contribution in [2.75, 3.05) is 12.0 Å². The SMILES string of the molecule is CSCC1CC(C)OC(OC(C)C)O1. The zero-order valence-corrected chi connectivity index (χ0v) is 10.2. The van der Waals surface area contributed by atoms with Crippen LogP contribution in [-0.4, -0.2) is 36.8 Å². The first kappa shape index (κ1) is 12.3. The highest BCUT2D eigenvalue weighted by Gasteiger charge is 2.28. The Hall–Kier alpha value is 0.230. The van der Waals surface area contributed by atoms with Gasteiger partial charge in [0.05, 0.1) is 18.3 Å². The van der Waals surface area contributed by atoms with Crippen molar-refractivity contribution in [3.05, 3.63) is 0 Å². The molecule has 84 valence electrons. The maximum Gasteiger partial charge on any atom is 0.272 e. The van der Waals surface area contributed by atoms with Gasteiger partial charge >= 0.3 is 0 Å². The lowest BCUT2D eigenvalue weighted by Crippen LogP contribution is -2.40. The van der Waals surface area contributed by atoms with Crippen molar-refractivity contribution in [2.45, 2.75) is 52.0 Å². The topological polar surface area (TPSA) is 27.7 Å². The maximum atomic E-state index is 5.64. The van der Waals surface area contributed by atoms with Crippen LogP contribution >= 0.6 is 11.8 Å². The molecule has 1 aliphatic rings. The summed E-state index contributed by atoms with van der Waals surface area (Å²) in [6.45, 7) is 5.55. The average Bonchev–Trinajstić information content (AvgIpc) is 2.01. The fraction of sp³-hybridized carbons (Fsp3) is 1.00. The molecular weight excluding hydrogens is 200 g/mol. The summed E-state index contributed by atoms with van der Waals surface area (Å²) in [5, 5.41) is 0. The van der Waals surface area contributed by atoms with E-state index in [0.717, 1.165) is 12.2 Å². The Morgan fingerprint density at radius 3 is 2.71 bits per heavy atom. The van der Waals surface area contributed by atoms with E-state index in [1.54, 1.807) is 11.8 Å². The van der Waals surface area contributed by atoms with Gasteiger partial charge in [-0.1, -0.05) is 0 Å². The van der Waals surface area contributed by atoms with Crippen LogP contribution in [0.15, 0.2) is 0 Å². The summed E-state index contributed by atoms with van der Waals surface area (Å²) < 4.78 is 16.6.